The Morgan fingerprint density at radius 1 is 0.983 bits per heavy atom. The van der Waals surface area contributed by atoms with Gasteiger partial charge in [-0.3, -0.25) is 34.1 Å². The lowest BCUT2D eigenvalue weighted by Gasteiger charge is -2.45. The average molecular weight is 853 g/mol. The van der Waals surface area contributed by atoms with Crippen LogP contribution >= 0.6 is 9.24 Å². The molecule has 3 aliphatic heterocycles. The van der Waals surface area contributed by atoms with Crippen LogP contribution in [-0.4, -0.2) is 111 Å². The number of anilines is 3. The molecule has 3 aromatic heterocycles. The lowest BCUT2D eigenvalue weighted by atomic mass is 9.89. The smallest absolute Gasteiger partial charge is 0.405 e. The van der Waals surface area contributed by atoms with Gasteiger partial charge in [0.15, 0.2) is 11.6 Å². The van der Waals surface area contributed by atoms with Crippen LogP contribution in [0.3, 0.4) is 0 Å². The highest BCUT2D eigenvalue weighted by Crippen LogP contribution is 2.36. The fourth-order valence-electron chi connectivity index (χ4n) is 8.47. The third-order valence-electron chi connectivity index (χ3n) is 11.8. The summed E-state index contributed by atoms with van der Waals surface area (Å²) in [7, 11) is 2.05. The summed E-state index contributed by atoms with van der Waals surface area (Å²) in [5, 5.41) is 11.8. The molecule has 4 aliphatic rings. The van der Waals surface area contributed by atoms with Gasteiger partial charge in [0.25, 0.3) is 5.91 Å². The van der Waals surface area contributed by atoms with Crippen LogP contribution in [0.1, 0.15) is 78.1 Å². The van der Waals surface area contributed by atoms with Crippen LogP contribution < -0.4 is 20.9 Å². The molecule has 60 heavy (non-hydrogen) atoms. The summed E-state index contributed by atoms with van der Waals surface area (Å²) in [5.41, 5.74) is 2.32. The Hall–Kier alpha value is -5.42. The van der Waals surface area contributed by atoms with Crippen molar-refractivity contribution < 1.29 is 41.2 Å². The number of hydrogen-bond donors (Lipinski definition) is 3. The highest BCUT2D eigenvalue weighted by atomic mass is 31.0. The van der Waals surface area contributed by atoms with Gasteiger partial charge in [-0.2, -0.15) is 18.3 Å². The molecule has 0 spiro atoms. The van der Waals surface area contributed by atoms with E-state index in [9.17, 15) is 36.7 Å². The van der Waals surface area contributed by atoms with E-state index in [2.05, 4.69) is 50.1 Å². The Kier molecular flexibility index (Phi) is 11.9. The number of pyridine rings is 1. The zero-order valence-corrected chi connectivity index (χ0v) is 33.7. The number of oxazole rings is 1. The van der Waals surface area contributed by atoms with E-state index in [1.807, 2.05) is 29.2 Å². The predicted molar refractivity (Wildman–Crippen MR) is 215 cm³/mol. The number of halogens is 4. The van der Waals surface area contributed by atoms with E-state index < -0.39 is 24.5 Å². The summed E-state index contributed by atoms with van der Waals surface area (Å²) in [4.78, 5) is 65.0. The average Bonchev–Trinajstić information content (AvgIpc) is 3.89. The summed E-state index contributed by atoms with van der Waals surface area (Å²) >= 11 is 0. The zero-order valence-electron chi connectivity index (χ0n) is 32.5. The molecule has 1 aliphatic carbocycles. The molecule has 20 heteroatoms. The summed E-state index contributed by atoms with van der Waals surface area (Å²) in [5.74, 6) is -2.97. The molecule has 0 bridgehead atoms. The summed E-state index contributed by atoms with van der Waals surface area (Å²) < 4.78 is 59.8. The van der Waals surface area contributed by atoms with Gasteiger partial charge in [0.1, 0.15) is 24.3 Å². The highest BCUT2D eigenvalue weighted by Gasteiger charge is 2.38. The molecule has 318 valence electrons. The van der Waals surface area contributed by atoms with Crippen molar-refractivity contribution in [2.45, 2.75) is 68.6 Å². The molecule has 0 radical (unpaired) electrons. The van der Waals surface area contributed by atoms with Crippen molar-refractivity contribution in [2.24, 2.45) is 5.92 Å². The Morgan fingerprint density at radius 2 is 1.70 bits per heavy atom. The van der Waals surface area contributed by atoms with Gasteiger partial charge in [-0.25, -0.2) is 14.4 Å². The van der Waals surface area contributed by atoms with Crippen molar-refractivity contribution in [2.75, 3.05) is 61.3 Å². The van der Waals surface area contributed by atoms with Gasteiger partial charge in [-0.15, -0.1) is 0 Å². The van der Waals surface area contributed by atoms with Gasteiger partial charge in [-0.05, 0) is 61.9 Å². The SMILES string of the molecule is O=C1CCC(c2ccc(N3CC(C(=O)N4CCN(C5CCC(n6cc(NC(=O)c7coc(-c8ccnc(NCC(F)(F)F)c8)n7)c(C(F)P)n6)CC5)CC4)C3)cc2)C(=O)N1. The Bertz CT molecular complexity index is 2210. The van der Waals surface area contributed by atoms with E-state index in [1.165, 1.54) is 18.3 Å². The summed E-state index contributed by atoms with van der Waals surface area (Å²) in [6, 6.07) is 11.0. The molecule has 1 saturated carbocycles. The first-order chi connectivity index (χ1) is 28.8. The van der Waals surface area contributed by atoms with Gasteiger partial charge >= 0.3 is 6.18 Å². The highest BCUT2D eigenvalue weighted by molar-refractivity contribution is 7.16. The second-order valence-corrected chi connectivity index (χ2v) is 16.3. The fraction of sp³-hybridized carbons (Fsp3) is 0.475. The molecule has 8 rings (SSSR count). The Labute approximate surface area is 344 Å². The maximum atomic E-state index is 14.7. The molecular formula is C40H45F4N10O5P. The lowest BCUT2D eigenvalue weighted by Crippen LogP contribution is -2.59. The molecule has 3 saturated heterocycles. The van der Waals surface area contributed by atoms with Crippen molar-refractivity contribution in [1.29, 1.82) is 0 Å². The molecule has 4 aromatic rings. The number of imide groups is 1. The van der Waals surface area contributed by atoms with E-state index in [0.29, 0.717) is 50.6 Å². The van der Waals surface area contributed by atoms with Crippen LogP contribution in [-0.2, 0) is 14.4 Å². The first-order valence-electron chi connectivity index (χ1n) is 20.0. The number of piperidine rings is 1. The second-order valence-electron chi connectivity index (χ2n) is 15.7. The topological polar surface area (TPSA) is 171 Å². The van der Waals surface area contributed by atoms with Gasteiger partial charge in [0.05, 0.1) is 23.6 Å². The van der Waals surface area contributed by atoms with Gasteiger partial charge in [-0.1, -0.05) is 21.4 Å². The van der Waals surface area contributed by atoms with Crippen LogP contribution in [0.25, 0.3) is 11.5 Å². The summed E-state index contributed by atoms with van der Waals surface area (Å²) in [6.07, 6.45) is 3.84. The molecule has 6 heterocycles. The van der Waals surface area contributed by atoms with Crippen molar-refractivity contribution in [3.8, 4) is 11.5 Å². The van der Waals surface area contributed by atoms with Crippen molar-refractivity contribution in [3.63, 3.8) is 0 Å². The first-order valence-corrected chi connectivity index (χ1v) is 20.7. The number of nitrogens with zero attached hydrogens (tertiary/aromatic N) is 7. The molecule has 4 fully saturated rings. The molecule has 4 amide bonds. The lowest BCUT2D eigenvalue weighted by molar-refractivity contribution is -0.138. The number of rotatable bonds is 11. The molecule has 3 atom stereocenters. The van der Waals surface area contributed by atoms with Crippen LogP contribution in [0.15, 0.2) is 59.5 Å². The number of nitrogens with one attached hydrogen (secondary N) is 3. The third-order valence-corrected chi connectivity index (χ3v) is 12.1. The Morgan fingerprint density at radius 3 is 2.38 bits per heavy atom. The number of carbonyl (C=O) groups excluding carboxylic acids is 4. The van der Waals surface area contributed by atoms with Gasteiger partial charge < -0.3 is 24.9 Å². The maximum absolute atomic E-state index is 14.7. The minimum atomic E-state index is -4.43. The molecular weight excluding hydrogens is 807 g/mol. The van der Waals surface area contributed by atoms with Crippen LogP contribution in [0.2, 0.25) is 0 Å². The number of aromatic nitrogens is 4. The number of benzene rings is 1. The Balaban J connectivity index is 0.790. The standard InChI is InChI=1S/C40H45F4N10O5P/c41-35(60)34-30(47-37(57)31-21-59-38(48-31)24-11-12-45-32(17-24)46-22-40(42,43)44)20-54(50-34)28-7-5-26(6-8-28)51-13-15-52(16-14-51)39(58)25-18-53(19-25)27-3-1-23(2-4-27)29-9-10-33(55)49-36(29)56/h1-4,11-12,17,20-21,25-26,28-29,35H,5-10,13-16,18-19,22,60H2,(H,45,46)(H,47,57)(H,49,55,56). The minimum absolute atomic E-state index is 0.00189. The monoisotopic (exact) mass is 852 g/mol. The number of piperazine rings is 1. The van der Waals surface area contributed by atoms with E-state index in [-0.39, 0.29) is 64.4 Å². The third kappa shape index (κ3) is 9.31. The molecule has 3 unspecified atom stereocenters. The first kappa shape index (κ1) is 41.3. The molecule has 1 aromatic carbocycles. The van der Waals surface area contributed by atoms with E-state index in [4.69, 9.17) is 4.42 Å². The quantitative estimate of drug-likeness (QED) is 0.102. The van der Waals surface area contributed by atoms with E-state index >= 15 is 0 Å². The number of carbonyl (C=O) groups is 4. The second kappa shape index (κ2) is 17.3. The normalized spacial score (nSPS) is 22.2. The zero-order chi connectivity index (χ0) is 42.1. The van der Waals surface area contributed by atoms with Crippen molar-refractivity contribution in [1.82, 2.24) is 34.9 Å². The van der Waals surface area contributed by atoms with Crippen molar-refractivity contribution >= 4 is 50.1 Å². The number of alkyl halides is 4. The van der Waals surface area contributed by atoms with Crippen LogP contribution in [0.5, 0.6) is 0 Å². The largest absolute Gasteiger partial charge is 0.444 e. The molecule has 3 N–H and O–H groups in total. The maximum Gasteiger partial charge on any atom is 0.405 e. The fourth-order valence-corrected chi connectivity index (χ4v) is 8.72. The number of hydrogen-bond acceptors (Lipinski definition) is 11. The summed E-state index contributed by atoms with van der Waals surface area (Å²) in [6.45, 7) is 2.94. The van der Waals surface area contributed by atoms with Crippen LogP contribution in [0.4, 0.5) is 34.8 Å². The minimum Gasteiger partial charge on any atom is -0.444 e. The molecule has 15 nitrogen and oxygen atoms in total. The van der Waals surface area contributed by atoms with Crippen molar-refractivity contribution in [3.05, 3.63) is 72.0 Å². The van der Waals surface area contributed by atoms with Crippen LogP contribution in [0, 0.1) is 5.92 Å². The van der Waals surface area contributed by atoms with E-state index in [1.54, 1.807) is 10.9 Å². The van der Waals surface area contributed by atoms with E-state index in [0.717, 1.165) is 56.3 Å². The van der Waals surface area contributed by atoms with Gasteiger partial charge in [0, 0.05) is 75.4 Å². The predicted octanol–water partition coefficient (Wildman–Crippen LogP) is 5.29. The van der Waals surface area contributed by atoms with Gasteiger partial charge in [0.2, 0.25) is 23.6 Å². The number of amides is 4.